The maximum Gasteiger partial charge on any atom is 0.408 e. The van der Waals surface area contributed by atoms with Crippen LogP contribution in [0.3, 0.4) is 0 Å². The first-order valence-electron chi connectivity index (χ1n) is 19.3. The average molecular weight is 783 g/mol. The summed E-state index contributed by atoms with van der Waals surface area (Å²) in [5.41, 5.74) is 3.71. The first-order chi connectivity index (χ1) is 27.7. The number of unbranched alkanes of at least 4 members (excludes halogenated alkanes) is 1. The fraction of sp³-hybridized carbons (Fsp3) is 0.386. The van der Waals surface area contributed by atoms with Gasteiger partial charge in [-0.2, -0.15) is 0 Å². The van der Waals surface area contributed by atoms with E-state index in [1.807, 2.05) is 72.8 Å². The Labute approximate surface area is 334 Å². The van der Waals surface area contributed by atoms with E-state index in [-0.39, 0.29) is 51.6 Å². The summed E-state index contributed by atoms with van der Waals surface area (Å²) in [4.78, 5) is 67.2. The summed E-state index contributed by atoms with van der Waals surface area (Å²) in [6, 6.07) is 24.0. The molecule has 57 heavy (non-hydrogen) atoms. The number of esters is 1. The summed E-state index contributed by atoms with van der Waals surface area (Å²) in [7, 11) is 0. The third-order valence-electron chi connectivity index (χ3n) is 9.56. The fourth-order valence-electron chi connectivity index (χ4n) is 6.42. The van der Waals surface area contributed by atoms with Gasteiger partial charge in [-0.3, -0.25) is 9.59 Å². The number of rotatable bonds is 22. The van der Waals surface area contributed by atoms with Crippen molar-refractivity contribution in [3.8, 4) is 0 Å². The van der Waals surface area contributed by atoms with E-state index >= 15 is 0 Å². The molecular formula is C44H54N4O9. The first kappa shape index (κ1) is 43.8. The average Bonchev–Trinajstić information content (AvgIpc) is 3.23. The number of fused-ring (bicyclic) bond motifs is 1. The number of nitrogens with zero attached hydrogens (tertiary/aromatic N) is 1. The Hall–Kier alpha value is -5.95. The molecule has 13 heteroatoms. The molecule has 3 aromatic carbocycles. The van der Waals surface area contributed by atoms with Crippen LogP contribution in [-0.4, -0.2) is 77.9 Å². The van der Waals surface area contributed by atoms with Crippen LogP contribution in [0.15, 0.2) is 110 Å². The third kappa shape index (κ3) is 14.9. The van der Waals surface area contributed by atoms with E-state index in [0.29, 0.717) is 38.8 Å². The van der Waals surface area contributed by atoms with Crippen molar-refractivity contribution in [1.29, 1.82) is 0 Å². The van der Waals surface area contributed by atoms with Crippen molar-refractivity contribution in [1.82, 2.24) is 20.9 Å². The van der Waals surface area contributed by atoms with Crippen molar-refractivity contribution in [2.75, 3.05) is 19.8 Å². The molecule has 0 saturated carbocycles. The van der Waals surface area contributed by atoms with Crippen LogP contribution in [0.2, 0.25) is 0 Å². The number of hydrogen-bond donors (Lipinski definition) is 4. The van der Waals surface area contributed by atoms with Crippen molar-refractivity contribution in [3.63, 3.8) is 0 Å². The number of benzene rings is 3. The Morgan fingerprint density at radius 3 is 2.02 bits per heavy atom. The Bertz CT molecular complexity index is 1770. The predicted molar refractivity (Wildman–Crippen MR) is 214 cm³/mol. The molecule has 0 spiro atoms. The largest absolute Gasteiger partial charge is 0.462 e. The lowest BCUT2D eigenvalue weighted by atomic mass is 9.92. The lowest BCUT2D eigenvalue weighted by Gasteiger charge is -2.36. The summed E-state index contributed by atoms with van der Waals surface area (Å²) >= 11 is 0. The van der Waals surface area contributed by atoms with Crippen molar-refractivity contribution in [2.24, 2.45) is 5.92 Å². The molecule has 0 fully saturated rings. The Balaban J connectivity index is 1.36. The number of allylic oxidation sites excluding steroid dienone is 1. The predicted octanol–water partition coefficient (Wildman–Crippen LogP) is 5.51. The zero-order chi connectivity index (χ0) is 40.8. The minimum Gasteiger partial charge on any atom is -0.462 e. The van der Waals surface area contributed by atoms with Crippen LogP contribution in [0.25, 0.3) is 0 Å². The Kier molecular flexibility index (Phi) is 18.3. The van der Waals surface area contributed by atoms with Gasteiger partial charge in [-0.05, 0) is 60.8 Å². The number of amides is 4. The van der Waals surface area contributed by atoms with Crippen molar-refractivity contribution >= 4 is 30.0 Å². The fourth-order valence-corrected chi connectivity index (χ4v) is 6.42. The number of alkyl carbamates (subject to hydrolysis) is 2. The van der Waals surface area contributed by atoms with E-state index in [0.717, 1.165) is 22.3 Å². The van der Waals surface area contributed by atoms with Crippen LogP contribution in [-0.2, 0) is 54.8 Å². The second-order valence-corrected chi connectivity index (χ2v) is 13.9. The summed E-state index contributed by atoms with van der Waals surface area (Å²) in [5, 5.41) is 18.3. The minimum absolute atomic E-state index is 0.0102. The monoisotopic (exact) mass is 782 g/mol. The van der Waals surface area contributed by atoms with Gasteiger partial charge >= 0.3 is 18.2 Å². The van der Waals surface area contributed by atoms with E-state index in [1.165, 1.54) is 6.08 Å². The van der Waals surface area contributed by atoms with Crippen molar-refractivity contribution < 1.29 is 43.3 Å². The Morgan fingerprint density at radius 1 is 0.772 bits per heavy atom. The van der Waals surface area contributed by atoms with Gasteiger partial charge in [0, 0.05) is 19.5 Å². The highest BCUT2D eigenvalue weighted by Gasteiger charge is 2.32. The van der Waals surface area contributed by atoms with Gasteiger partial charge in [-0.15, -0.1) is 13.2 Å². The molecule has 4 N–H and O–H groups in total. The van der Waals surface area contributed by atoms with Gasteiger partial charge in [-0.25, -0.2) is 14.4 Å². The number of hydrogen-bond acceptors (Lipinski definition) is 9. The van der Waals surface area contributed by atoms with Gasteiger partial charge in [0.1, 0.15) is 25.9 Å². The molecule has 4 unspecified atom stereocenters. The van der Waals surface area contributed by atoms with Crippen LogP contribution < -0.4 is 16.0 Å². The molecule has 0 aromatic heterocycles. The lowest BCUT2D eigenvalue weighted by molar-refractivity contribution is -0.147. The lowest BCUT2D eigenvalue weighted by Crippen LogP contribution is -2.48. The molecular weight excluding hydrogens is 729 g/mol. The second kappa shape index (κ2) is 23.9. The van der Waals surface area contributed by atoms with Crippen LogP contribution in [0.5, 0.6) is 0 Å². The zero-order valence-electron chi connectivity index (χ0n) is 32.3. The van der Waals surface area contributed by atoms with Crippen LogP contribution in [0.4, 0.5) is 9.59 Å². The Morgan fingerprint density at radius 2 is 1.39 bits per heavy atom. The molecule has 1 aliphatic rings. The van der Waals surface area contributed by atoms with Crippen LogP contribution in [0.1, 0.15) is 60.8 Å². The molecule has 0 aliphatic carbocycles. The normalized spacial score (nSPS) is 14.8. The summed E-state index contributed by atoms with van der Waals surface area (Å²) in [5.74, 6) is -2.21. The standard InChI is InChI=1S/C44H54N4O9/c1-3-15-35(26-40(50)48-27-36-22-12-11-21-34(36)25-38(48)28-49)41(51)46-37(23-13-14-24-45-43(53)56-29-32-17-7-5-8-18-32)31-55-42(52)39(16-4-2)47-44(54)57-30-33-19-9-6-10-20-33/h3-12,17-22,35,37-39,49H,1-2,13-16,23-31H2,(H,45,53)(H,46,51)(H,47,54). The van der Waals surface area contributed by atoms with E-state index in [2.05, 4.69) is 29.1 Å². The smallest absolute Gasteiger partial charge is 0.408 e. The zero-order valence-corrected chi connectivity index (χ0v) is 32.3. The van der Waals surface area contributed by atoms with Gasteiger partial charge < -0.3 is 40.2 Å². The molecule has 4 amide bonds. The second-order valence-electron chi connectivity index (χ2n) is 13.9. The molecule has 1 aliphatic heterocycles. The van der Waals surface area contributed by atoms with Gasteiger partial charge in [0.25, 0.3) is 0 Å². The molecule has 4 atom stereocenters. The number of aliphatic hydroxyl groups excluding tert-OH is 1. The van der Waals surface area contributed by atoms with Crippen molar-refractivity contribution in [2.45, 2.75) is 82.8 Å². The minimum atomic E-state index is -1.09. The van der Waals surface area contributed by atoms with Gasteiger partial charge in [0.2, 0.25) is 11.8 Å². The third-order valence-corrected chi connectivity index (χ3v) is 9.56. The number of carbonyl (C=O) groups excluding carboxylic acids is 5. The molecule has 13 nitrogen and oxygen atoms in total. The molecule has 1 heterocycles. The van der Waals surface area contributed by atoms with Crippen LogP contribution >= 0.6 is 0 Å². The van der Waals surface area contributed by atoms with E-state index in [9.17, 15) is 29.1 Å². The highest BCUT2D eigenvalue weighted by atomic mass is 16.6. The summed E-state index contributed by atoms with van der Waals surface area (Å²) in [6.45, 7) is 7.83. The van der Waals surface area contributed by atoms with Gasteiger partial charge in [0.05, 0.1) is 24.6 Å². The SMILES string of the molecule is C=CCC(CC(=O)N1Cc2ccccc2CC1CO)C(=O)NC(CCCCNC(=O)OCc1ccccc1)COC(=O)C(CC=C)NC(=O)OCc1ccccc1. The molecule has 4 rings (SSSR count). The topological polar surface area (TPSA) is 173 Å². The number of aliphatic hydroxyl groups is 1. The molecule has 304 valence electrons. The van der Waals surface area contributed by atoms with Gasteiger partial charge in [0.15, 0.2) is 0 Å². The summed E-state index contributed by atoms with van der Waals surface area (Å²) < 4.78 is 16.2. The number of carbonyl (C=O) groups is 5. The number of nitrogens with one attached hydrogen (secondary N) is 3. The van der Waals surface area contributed by atoms with E-state index < -0.39 is 48.1 Å². The highest BCUT2D eigenvalue weighted by molar-refractivity contribution is 5.86. The maximum atomic E-state index is 13.8. The number of ether oxygens (including phenoxy) is 3. The van der Waals surface area contributed by atoms with Crippen molar-refractivity contribution in [3.05, 3.63) is 132 Å². The molecule has 0 bridgehead atoms. The summed E-state index contributed by atoms with van der Waals surface area (Å²) in [6.07, 6.45) is 3.78. The first-order valence-corrected chi connectivity index (χ1v) is 19.3. The quantitative estimate of drug-likeness (QED) is 0.0444. The molecule has 3 aromatic rings. The highest BCUT2D eigenvalue weighted by Crippen LogP contribution is 2.25. The molecule has 0 saturated heterocycles. The maximum absolute atomic E-state index is 13.8. The van der Waals surface area contributed by atoms with Gasteiger partial charge in [-0.1, -0.05) is 97.1 Å². The van der Waals surface area contributed by atoms with Crippen LogP contribution in [0, 0.1) is 5.92 Å². The van der Waals surface area contributed by atoms with E-state index in [1.54, 1.807) is 23.1 Å². The molecule has 0 radical (unpaired) electrons. The van der Waals surface area contributed by atoms with E-state index in [4.69, 9.17) is 14.2 Å².